The third kappa shape index (κ3) is 2.07. The standard InChI is InChI=1S/C15H22N2O/c1-15(2)11-16-7-8-17(15)14-10-18-9-12-5-3-4-6-13(12)14/h3-6,14,16H,7-11H2,1-2H3. The molecule has 3 rings (SSSR count). The molecule has 2 aliphatic rings. The fraction of sp³-hybridized carbons (Fsp3) is 0.600. The Morgan fingerprint density at radius 1 is 1.33 bits per heavy atom. The monoisotopic (exact) mass is 246 g/mol. The molecule has 0 amide bonds. The molecule has 3 heteroatoms. The van der Waals surface area contributed by atoms with Crippen molar-refractivity contribution in [3.63, 3.8) is 0 Å². The van der Waals surface area contributed by atoms with Gasteiger partial charge in [-0.25, -0.2) is 0 Å². The molecular weight excluding hydrogens is 224 g/mol. The summed E-state index contributed by atoms with van der Waals surface area (Å²) in [5.41, 5.74) is 3.00. The summed E-state index contributed by atoms with van der Waals surface area (Å²) < 4.78 is 5.79. The smallest absolute Gasteiger partial charge is 0.0721 e. The first-order chi connectivity index (χ1) is 8.68. The number of hydrogen-bond donors (Lipinski definition) is 1. The van der Waals surface area contributed by atoms with E-state index in [0.29, 0.717) is 6.04 Å². The van der Waals surface area contributed by atoms with Gasteiger partial charge in [0.25, 0.3) is 0 Å². The van der Waals surface area contributed by atoms with Crippen molar-refractivity contribution in [3.05, 3.63) is 35.4 Å². The summed E-state index contributed by atoms with van der Waals surface area (Å²) in [6, 6.07) is 9.11. The third-order valence-corrected chi connectivity index (χ3v) is 4.19. The molecule has 98 valence electrons. The molecule has 1 unspecified atom stereocenters. The lowest BCUT2D eigenvalue weighted by Crippen LogP contribution is -2.59. The highest BCUT2D eigenvalue weighted by molar-refractivity contribution is 5.31. The minimum atomic E-state index is 0.191. The second kappa shape index (κ2) is 4.65. The molecule has 2 aliphatic heterocycles. The molecule has 1 N–H and O–H groups in total. The van der Waals surface area contributed by atoms with Crippen LogP contribution in [0, 0.1) is 0 Å². The van der Waals surface area contributed by atoms with Gasteiger partial charge >= 0.3 is 0 Å². The Kier molecular flexibility index (Phi) is 3.14. The van der Waals surface area contributed by atoms with Crippen LogP contribution in [-0.4, -0.2) is 36.7 Å². The summed E-state index contributed by atoms with van der Waals surface area (Å²) in [7, 11) is 0. The highest BCUT2D eigenvalue weighted by atomic mass is 16.5. The van der Waals surface area contributed by atoms with Crippen LogP contribution in [0.3, 0.4) is 0 Å². The van der Waals surface area contributed by atoms with E-state index >= 15 is 0 Å². The predicted molar refractivity (Wildman–Crippen MR) is 72.5 cm³/mol. The van der Waals surface area contributed by atoms with Crippen molar-refractivity contribution in [1.82, 2.24) is 10.2 Å². The molecule has 1 aromatic carbocycles. The van der Waals surface area contributed by atoms with E-state index in [-0.39, 0.29) is 5.54 Å². The minimum absolute atomic E-state index is 0.191. The number of nitrogens with one attached hydrogen (secondary N) is 1. The molecule has 1 fully saturated rings. The lowest BCUT2D eigenvalue weighted by Gasteiger charge is -2.48. The van der Waals surface area contributed by atoms with Crippen LogP contribution in [-0.2, 0) is 11.3 Å². The fourth-order valence-electron chi connectivity index (χ4n) is 3.19. The molecule has 18 heavy (non-hydrogen) atoms. The maximum Gasteiger partial charge on any atom is 0.0721 e. The molecule has 1 aromatic rings. The molecule has 0 radical (unpaired) electrons. The van der Waals surface area contributed by atoms with Crippen LogP contribution in [0.25, 0.3) is 0 Å². The zero-order valence-corrected chi connectivity index (χ0v) is 11.3. The number of piperazine rings is 1. The Morgan fingerprint density at radius 3 is 3.00 bits per heavy atom. The Balaban J connectivity index is 1.93. The van der Waals surface area contributed by atoms with Gasteiger partial charge in [0, 0.05) is 25.2 Å². The first kappa shape index (κ1) is 12.2. The molecule has 0 aromatic heterocycles. The van der Waals surface area contributed by atoms with Gasteiger partial charge in [-0.2, -0.15) is 0 Å². The highest BCUT2D eigenvalue weighted by Gasteiger charge is 2.37. The van der Waals surface area contributed by atoms with Crippen LogP contribution < -0.4 is 5.32 Å². The second-order valence-electron chi connectivity index (χ2n) is 5.91. The molecule has 2 heterocycles. The van der Waals surface area contributed by atoms with Crippen LogP contribution in [0.2, 0.25) is 0 Å². The molecule has 0 aliphatic carbocycles. The number of ether oxygens (including phenoxy) is 1. The van der Waals surface area contributed by atoms with Gasteiger partial charge in [-0.1, -0.05) is 24.3 Å². The summed E-state index contributed by atoms with van der Waals surface area (Å²) in [5, 5.41) is 3.49. The second-order valence-corrected chi connectivity index (χ2v) is 5.91. The minimum Gasteiger partial charge on any atom is -0.375 e. The molecule has 0 saturated carbocycles. The van der Waals surface area contributed by atoms with Crippen molar-refractivity contribution < 1.29 is 4.74 Å². The Labute approximate surface area is 109 Å². The molecule has 1 saturated heterocycles. The number of nitrogens with zero attached hydrogens (tertiary/aromatic N) is 1. The number of hydrogen-bond acceptors (Lipinski definition) is 3. The van der Waals surface area contributed by atoms with Gasteiger partial charge < -0.3 is 10.1 Å². The summed E-state index contributed by atoms with van der Waals surface area (Å²) in [6.07, 6.45) is 0. The normalized spacial score (nSPS) is 27.8. The molecule has 1 atom stereocenters. The Hall–Kier alpha value is -0.900. The van der Waals surface area contributed by atoms with Crippen molar-refractivity contribution >= 4 is 0 Å². The van der Waals surface area contributed by atoms with Crippen LogP contribution in [0.5, 0.6) is 0 Å². The van der Waals surface area contributed by atoms with E-state index in [2.05, 4.69) is 48.3 Å². The maximum absolute atomic E-state index is 5.79. The fourth-order valence-corrected chi connectivity index (χ4v) is 3.19. The third-order valence-electron chi connectivity index (χ3n) is 4.19. The van der Waals surface area contributed by atoms with Crippen LogP contribution in [0.15, 0.2) is 24.3 Å². The van der Waals surface area contributed by atoms with Gasteiger partial charge in [0.15, 0.2) is 0 Å². The van der Waals surface area contributed by atoms with Gasteiger partial charge in [0.2, 0.25) is 0 Å². The first-order valence-electron chi connectivity index (χ1n) is 6.81. The maximum atomic E-state index is 5.79. The number of rotatable bonds is 1. The summed E-state index contributed by atoms with van der Waals surface area (Å²) in [4.78, 5) is 2.60. The molecule has 0 bridgehead atoms. The van der Waals surface area contributed by atoms with Crippen LogP contribution in [0.1, 0.15) is 31.0 Å². The lowest BCUT2D eigenvalue weighted by atomic mass is 9.91. The van der Waals surface area contributed by atoms with Crippen LogP contribution >= 0.6 is 0 Å². The largest absolute Gasteiger partial charge is 0.375 e. The average Bonchev–Trinajstić information content (AvgIpc) is 2.38. The van der Waals surface area contributed by atoms with E-state index < -0.39 is 0 Å². The van der Waals surface area contributed by atoms with Crippen molar-refractivity contribution in [2.24, 2.45) is 0 Å². The summed E-state index contributed by atoms with van der Waals surface area (Å²) >= 11 is 0. The Bertz CT molecular complexity index is 430. The van der Waals surface area contributed by atoms with Crippen molar-refractivity contribution in [3.8, 4) is 0 Å². The van der Waals surface area contributed by atoms with Gasteiger partial charge in [0.05, 0.1) is 19.3 Å². The van der Waals surface area contributed by atoms with E-state index in [1.807, 2.05) is 0 Å². The van der Waals surface area contributed by atoms with E-state index in [1.54, 1.807) is 0 Å². The highest BCUT2D eigenvalue weighted by Crippen LogP contribution is 2.34. The van der Waals surface area contributed by atoms with E-state index in [0.717, 1.165) is 32.8 Å². The van der Waals surface area contributed by atoms with Crippen molar-refractivity contribution in [2.45, 2.75) is 32.0 Å². The van der Waals surface area contributed by atoms with Crippen LogP contribution in [0.4, 0.5) is 0 Å². The van der Waals surface area contributed by atoms with Crippen molar-refractivity contribution in [2.75, 3.05) is 26.2 Å². The van der Waals surface area contributed by atoms with Crippen molar-refractivity contribution in [1.29, 1.82) is 0 Å². The SMILES string of the molecule is CC1(C)CNCCN1C1COCc2ccccc21. The first-order valence-corrected chi connectivity index (χ1v) is 6.81. The van der Waals surface area contributed by atoms with Gasteiger partial charge in [0.1, 0.15) is 0 Å². The predicted octanol–water partition coefficient (Wildman–Crippen LogP) is 1.94. The summed E-state index contributed by atoms with van der Waals surface area (Å²) in [6.45, 7) is 9.43. The lowest BCUT2D eigenvalue weighted by molar-refractivity contribution is -0.0228. The van der Waals surface area contributed by atoms with E-state index in [9.17, 15) is 0 Å². The zero-order valence-electron chi connectivity index (χ0n) is 11.3. The molecule has 3 nitrogen and oxygen atoms in total. The molecular formula is C15H22N2O. The number of fused-ring (bicyclic) bond motifs is 1. The Morgan fingerprint density at radius 2 is 2.17 bits per heavy atom. The summed E-state index contributed by atoms with van der Waals surface area (Å²) in [5.74, 6) is 0. The van der Waals surface area contributed by atoms with Gasteiger partial charge in [-0.3, -0.25) is 4.90 Å². The average molecular weight is 246 g/mol. The number of benzene rings is 1. The van der Waals surface area contributed by atoms with E-state index in [4.69, 9.17) is 4.74 Å². The van der Waals surface area contributed by atoms with Gasteiger partial charge in [-0.15, -0.1) is 0 Å². The topological polar surface area (TPSA) is 24.5 Å². The van der Waals surface area contributed by atoms with Gasteiger partial charge in [-0.05, 0) is 25.0 Å². The quantitative estimate of drug-likeness (QED) is 0.819. The molecule has 0 spiro atoms. The zero-order chi connectivity index (χ0) is 12.6. The van der Waals surface area contributed by atoms with E-state index in [1.165, 1.54) is 11.1 Å².